The van der Waals surface area contributed by atoms with Gasteiger partial charge in [-0.25, -0.2) is 4.39 Å². The molecule has 1 aromatic heterocycles. The molecule has 1 aliphatic heterocycles. The number of anilines is 2. The fraction of sp³-hybridized carbons (Fsp3) is 0.208. The smallest absolute Gasteiger partial charge is 0.265 e. The summed E-state index contributed by atoms with van der Waals surface area (Å²) in [5.41, 5.74) is 1.72. The molecule has 2 heterocycles. The minimum absolute atomic E-state index is 0.0819. The highest BCUT2D eigenvalue weighted by Crippen LogP contribution is 2.16. The fourth-order valence-electron chi connectivity index (χ4n) is 3.53. The molecule has 1 aliphatic rings. The predicted octanol–water partition coefficient (Wildman–Crippen LogP) is 3.54. The van der Waals surface area contributed by atoms with E-state index in [-0.39, 0.29) is 30.1 Å². The molecule has 0 aliphatic carbocycles. The first kappa shape index (κ1) is 22.6. The number of carbonyl (C=O) groups is 3. The van der Waals surface area contributed by atoms with Crippen LogP contribution in [0.3, 0.4) is 0 Å². The van der Waals surface area contributed by atoms with Crippen molar-refractivity contribution >= 4 is 40.4 Å². The summed E-state index contributed by atoms with van der Waals surface area (Å²) in [5.74, 6) is -0.793. The minimum atomic E-state index is -0.355. The molecule has 7 nitrogen and oxygen atoms in total. The number of piperazine rings is 1. The molecular weight excluding hydrogens is 443 g/mol. The maximum atomic E-state index is 13.0. The summed E-state index contributed by atoms with van der Waals surface area (Å²) < 4.78 is 13.0. The summed E-state index contributed by atoms with van der Waals surface area (Å²) in [6.07, 6.45) is 0. The van der Waals surface area contributed by atoms with E-state index in [1.807, 2.05) is 16.3 Å². The Morgan fingerprint density at radius 3 is 2.12 bits per heavy atom. The van der Waals surface area contributed by atoms with E-state index in [0.29, 0.717) is 48.0 Å². The van der Waals surface area contributed by atoms with Gasteiger partial charge in [0.15, 0.2) is 0 Å². The van der Waals surface area contributed by atoms with Crippen molar-refractivity contribution in [3.05, 3.63) is 82.3 Å². The molecule has 0 radical (unpaired) electrons. The average Bonchev–Trinajstić information content (AvgIpc) is 3.36. The van der Waals surface area contributed by atoms with E-state index in [1.54, 1.807) is 35.2 Å². The highest BCUT2D eigenvalue weighted by Gasteiger charge is 2.23. The normalized spacial score (nSPS) is 14.0. The summed E-state index contributed by atoms with van der Waals surface area (Å²) in [4.78, 5) is 41.6. The summed E-state index contributed by atoms with van der Waals surface area (Å²) in [6.45, 7) is 2.40. The van der Waals surface area contributed by atoms with Crippen LogP contribution >= 0.6 is 11.3 Å². The Labute approximate surface area is 194 Å². The van der Waals surface area contributed by atoms with Crippen LogP contribution in [0.4, 0.5) is 15.8 Å². The van der Waals surface area contributed by atoms with Gasteiger partial charge < -0.3 is 15.5 Å². The summed E-state index contributed by atoms with van der Waals surface area (Å²) in [7, 11) is 0. The molecule has 3 amide bonds. The number of carbonyl (C=O) groups excluding carboxylic acids is 3. The van der Waals surface area contributed by atoms with Gasteiger partial charge in [-0.2, -0.15) is 0 Å². The average molecular weight is 467 g/mol. The van der Waals surface area contributed by atoms with Gasteiger partial charge in [-0.3, -0.25) is 19.3 Å². The number of nitrogens with zero attached hydrogens (tertiary/aromatic N) is 2. The van der Waals surface area contributed by atoms with Crippen molar-refractivity contribution < 1.29 is 18.8 Å². The number of hydrogen-bond donors (Lipinski definition) is 2. The number of rotatable bonds is 6. The monoisotopic (exact) mass is 466 g/mol. The van der Waals surface area contributed by atoms with Crippen molar-refractivity contribution in [2.75, 3.05) is 43.4 Å². The van der Waals surface area contributed by atoms with Gasteiger partial charge in [0, 0.05) is 43.1 Å². The molecule has 9 heteroatoms. The molecule has 0 saturated carbocycles. The van der Waals surface area contributed by atoms with E-state index >= 15 is 0 Å². The highest BCUT2D eigenvalue weighted by molar-refractivity contribution is 7.12. The fourth-order valence-corrected chi connectivity index (χ4v) is 4.14. The van der Waals surface area contributed by atoms with Crippen LogP contribution in [0.25, 0.3) is 0 Å². The standard InChI is InChI=1S/C24H23FN4O3S/c25-18-5-9-19(10-6-18)26-22(30)16-28-11-13-29(14-12-28)24(32)17-3-7-20(8-4-17)27-23(31)21-2-1-15-33-21/h1-10,15H,11-14,16H2,(H,26,30)(H,27,31). The quantitative estimate of drug-likeness (QED) is 0.582. The topological polar surface area (TPSA) is 81.8 Å². The Balaban J connectivity index is 1.24. The second-order valence-corrected chi connectivity index (χ2v) is 8.58. The molecule has 1 fully saturated rings. The number of benzene rings is 2. The molecule has 2 aromatic carbocycles. The molecular formula is C24H23FN4O3S. The number of thiophene rings is 1. The van der Waals surface area contributed by atoms with Gasteiger partial charge in [-0.1, -0.05) is 6.07 Å². The highest BCUT2D eigenvalue weighted by atomic mass is 32.1. The van der Waals surface area contributed by atoms with Crippen molar-refractivity contribution in [3.63, 3.8) is 0 Å². The number of hydrogen-bond acceptors (Lipinski definition) is 5. The molecule has 170 valence electrons. The van der Waals surface area contributed by atoms with Gasteiger partial charge in [0.05, 0.1) is 11.4 Å². The van der Waals surface area contributed by atoms with Crippen LogP contribution in [-0.4, -0.2) is 60.2 Å². The third-order valence-electron chi connectivity index (χ3n) is 5.29. The van der Waals surface area contributed by atoms with Crippen LogP contribution in [0.15, 0.2) is 66.0 Å². The maximum Gasteiger partial charge on any atom is 0.265 e. The lowest BCUT2D eigenvalue weighted by atomic mass is 10.1. The van der Waals surface area contributed by atoms with Gasteiger partial charge in [0.25, 0.3) is 11.8 Å². The van der Waals surface area contributed by atoms with Crippen molar-refractivity contribution in [1.82, 2.24) is 9.80 Å². The predicted molar refractivity (Wildman–Crippen MR) is 126 cm³/mol. The summed E-state index contributed by atoms with van der Waals surface area (Å²) in [5, 5.41) is 7.41. The van der Waals surface area contributed by atoms with Crippen molar-refractivity contribution in [2.45, 2.75) is 0 Å². The Bertz CT molecular complexity index is 1110. The van der Waals surface area contributed by atoms with Crippen LogP contribution in [0, 0.1) is 5.82 Å². The first-order valence-corrected chi connectivity index (χ1v) is 11.4. The van der Waals surface area contributed by atoms with E-state index in [2.05, 4.69) is 10.6 Å². The summed E-state index contributed by atoms with van der Waals surface area (Å²) in [6, 6.07) is 16.0. The minimum Gasteiger partial charge on any atom is -0.336 e. The number of nitrogens with one attached hydrogen (secondary N) is 2. The van der Waals surface area contributed by atoms with E-state index in [1.165, 1.54) is 35.6 Å². The first-order valence-electron chi connectivity index (χ1n) is 10.5. The van der Waals surface area contributed by atoms with Crippen molar-refractivity contribution in [3.8, 4) is 0 Å². The Kier molecular flexibility index (Phi) is 7.11. The molecule has 1 saturated heterocycles. The molecule has 0 atom stereocenters. The zero-order valence-electron chi connectivity index (χ0n) is 17.8. The van der Waals surface area contributed by atoms with Gasteiger partial charge >= 0.3 is 0 Å². The van der Waals surface area contributed by atoms with Crippen LogP contribution < -0.4 is 10.6 Å². The largest absolute Gasteiger partial charge is 0.336 e. The zero-order chi connectivity index (χ0) is 23.2. The Hall–Kier alpha value is -3.56. The lowest BCUT2D eigenvalue weighted by Crippen LogP contribution is -2.50. The van der Waals surface area contributed by atoms with Crippen molar-refractivity contribution in [1.29, 1.82) is 0 Å². The summed E-state index contributed by atoms with van der Waals surface area (Å²) >= 11 is 1.37. The third-order valence-corrected chi connectivity index (χ3v) is 6.16. The van der Waals surface area contributed by atoms with Crippen molar-refractivity contribution in [2.24, 2.45) is 0 Å². The third kappa shape index (κ3) is 6.03. The Morgan fingerprint density at radius 1 is 0.848 bits per heavy atom. The van der Waals surface area contributed by atoms with Crippen LogP contribution in [0.1, 0.15) is 20.0 Å². The van der Waals surface area contributed by atoms with E-state index in [4.69, 9.17) is 0 Å². The molecule has 2 N–H and O–H groups in total. The molecule has 33 heavy (non-hydrogen) atoms. The zero-order valence-corrected chi connectivity index (χ0v) is 18.6. The molecule has 3 aromatic rings. The lowest BCUT2D eigenvalue weighted by molar-refractivity contribution is -0.117. The van der Waals surface area contributed by atoms with Gasteiger partial charge in [-0.15, -0.1) is 11.3 Å². The number of halogens is 1. The molecule has 0 spiro atoms. The lowest BCUT2D eigenvalue weighted by Gasteiger charge is -2.34. The van der Waals surface area contributed by atoms with Crippen LogP contribution in [0.5, 0.6) is 0 Å². The van der Waals surface area contributed by atoms with E-state index in [0.717, 1.165) is 0 Å². The molecule has 4 rings (SSSR count). The maximum absolute atomic E-state index is 13.0. The van der Waals surface area contributed by atoms with Crippen LogP contribution in [0.2, 0.25) is 0 Å². The first-order chi connectivity index (χ1) is 16.0. The number of amides is 3. The Morgan fingerprint density at radius 2 is 1.48 bits per heavy atom. The van der Waals surface area contributed by atoms with Crippen LogP contribution in [-0.2, 0) is 4.79 Å². The van der Waals surface area contributed by atoms with Gasteiger partial charge in [-0.05, 0) is 60.0 Å². The van der Waals surface area contributed by atoms with Gasteiger partial charge in [0.1, 0.15) is 5.82 Å². The molecule has 0 bridgehead atoms. The second-order valence-electron chi connectivity index (χ2n) is 7.63. The molecule has 0 unspecified atom stereocenters. The van der Waals surface area contributed by atoms with E-state index < -0.39 is 0 Å². The SMILES string of the molecule is O=C(CN1CCN(C(=O)c2ccc(NC(=O)c3cccs3)cc2)CC1)Nc1ccc(F)cc1. The van der Waals surface area contributed by atoms with Gasteiger partial charge in [0.2, 0.25) is 5.91 Å². The second kappa shape index (κ2) is 10.4. The van der Waals surface area contributed by atoms with E-state index in [9.17, 15) is 18.8 Å².